The maximum Gasteiger partial charge on any atom is 0.234 e. The first-order valence-corrected chi connectivity index (χ1v) is 11.1. The summed E-state index contributed by atoms with van der Waals surface area (Å²) < 4.78 is 0. The van der Waals surface area contributed by atoms with Gasteiger partial charge in [-0.15, -0.1) is 24.0 Å². The molecule has 2 aromatic rings. The predicted octanol–water partition coefficient (Wildman–Crippen LogP) is 3.02. The van der Waals surface area contributed by atoms with Gasteiger partial charge in [0.1, 0.15) is 0 Å². The highest BCUT2D eigenvalue weighted by Gasteiger charge is 2.21. The van der Waals surface area contributed by atoms with E-state index in [0.29, 0.717) is 19.1 Å². The summed E-state index contributed by atoms with van der Waals surface area (Å²) in [4.78, 5) is 22.9. The highest BCUT2D eigenvalue weighted by atomic mass is 127. The topological polar surface area (TPSA) is 81.7 Å². The van der Waals surface area contributed by atoms with Crippen LogP contribution in [0, 0.1) is 0 Å². The maximum absolute atomic E-state index is 11.9. The molecule has 32 heavy (non-hydrogen) atoms. The molecule has 0 radical (unpaired) electrons. The molecule has 3 rings (SSSR count). The molecule has 8 heteroatoms. The molecule has 3 N–H and O–H groups in total. The quantitative estimate of drug-likeness (QED) is 0.268. The molecule has 2 heterocycles. The number of carbonyl (C=O) groups is 1. The van der Waals surface area contributed by atoms with Crippen molar-refractivity contribution in [2.45, 2.75) is 38.8 Å². The van der Waals surface area contributed by atoms with Crippen LogP contribution in [0.4, 0.5) is 0 Å². The van der Waals surface area contributed by atoms with Gasteiger partial charge in [0.05, 0.1) is 12.2 Å². The fourth-order valence-corrected chi connectivity index (χ4v) is 3.71. The van der Waals surface area contributed by atoms with E-state index in [0.717, 1.165) is 56.1 Å². The summed E-state index contributed by atoms with van der Waals surface area (Å²) >= 11 is 0. The van der Waals surface area contributed by atoms with Crippen LogP contribution in [0.25, 0.3) is 11.3 Å². The summed E-state index contributed by atoms with van der Waals surface area (Å²) in [6.45, 7) is 5.84. The molecule has 1 aliphatic heterocycles. The van der Waals surface area contributed by atoms with Crippen molar-refractivity contribution in [1.82, 2.24) is 25.8 Å². The molecular weight excluding hydrogens is 515 g/mol. The third-order valence-corrected chi connectivity index (χ3v) is 5.44. The van der Waals surface area contributed by atoms with Crippen molar-refractivity contribution in [1.29, 1.82) is 0 Å². The first kappa shape index (κ1) is 26.1. The number of aromatic nitrogens is 1. The van der Waals surface area contributed by atoms with Gasteiger partial charge in [0.25, 0.3) is 0 Å². The van der Waals surface area contributed by atoms with Gasteiger partial charge in [-0.25, -0.2) is 0 Å². The number of likely N-dealkylation sites (tertiary alicyclic amines) is 1. The van der Waals surface area contributed by atoms with Crippen molar-refractivity contribution in [2.75, 3.05) is 33.2 Å². The molecule has 174 valence electrons. The van der Waals surface area contributed by atoms with Crippen molar-refractivity contribution in [2.24, 2.45) is 4.99 Å². The Morgan fingerprint density at radius 1 is 1.16 bits per heavy atom. The van der Waals surface area contributed by atoms with Crippen LogP contribution in [0.5, 0.6) is 0 Å². The zero-order valence-corrected chi connectivity index (χ0v) is 21.3. The van der Waals surface area contributed by atoms with Gasteiger partial charge in [-0.1, -0.05) is 31.2 Å². The molecule has 1 aromatic carbocycles. The number of nitrogens with zero attached hydrogens (tertiary/aromatic N) is 3. The number of nitrogens with one attached hydrogen (secondary N) is 3. The number of benzene rings is 1. The third kappa shape index (κ3) is 8.38. The van der Waals surface area contributed by atoms with Gasteiger partial charge in [-0.2, -0.15) is 0 Å². The van der Waals surface area contributed by atoms with E-state index in [4.69, 9.17) is 0 Å². The van der Waals surface area contributed by atoms with Crippen molar-refractivity contribution in [3.63, 3.8) is 0 Å². The summed E-state index contributed by atoms with van der Waals surface area (Å²) in [7, 11) is 1.80. The smallest absolute Gasteiger partial charge is 0.234 e. The molecule has 7 nitrogen and oxygen atoms in total. The molecule has 0 atom stereocenters. The molecule has 1 aromatic heterocycles. The van der Waals surface area contributed by atoms with Crippen molar-refractivity contribution >= 4 is 35.8 Å². The van der Waals surface area contributed by atoms with E-state index in [1.807, 2.05) is 24.4 Å². The summed E-state index contributed by atoms with van der Waals surface area (Å²) in [5.74, 6) is 0.932. The highest BCUT2D eigenvalue weighted by Crippen LogP contribution is 2.17. The van der Waals surface area contributed by atoms with Gasteiger partial charge in [-0.3, -0.25) is 19.7 Å². The Balaban J connectivity index is 0.00000363. The molecule has 0 unspecified atom stereocenters. The molecule has 1 fully saturated rings. The molecule has 0 spiro atoms. The Hall–Kier alpha value is -2.20. The average molecular weight is 550 g/mol. The normalized spacial score (nSPS) is 15.0. The van der Waals surface area contributed by atoms with Crippen molar-refractivity contribution in [3.05, 3.63) is 54.2 Å². The van der Waals surface area contributed by atoms with E-state index in [-0.39, 0.29) is 29.9 Å². The number of hydrogen-bond acceptors (Lipinski definition) is 4. The fraction of sp³-hybridized carbons (Fsp3) is 0.458. The van der Waals surface area contributed by atoms with Crippen molar-refractivity contribution in [3.8, 4) is 11.3 Å². The standard InChI is InChI=1S/C24H34N6O.HI/c1-3-12-27-23(31)18-30-14-10-21(11-15-30)29-24(25-2)28-17-19-7-6-8-20(16-19)22-9-4-5-13-26-22;/h4-9,13,16,21H,3,10-12,14-15,17-18H2,1-2H3,(H,27,31)(H2,25,28,29);1H. The van der Waals surface area contributed by atoms with Crippen LogP contribution in [-0.2, 0) is 11.3 Å². The SMILES string of the molecule is CCCNC(=O)CN1CCC(NC(=NC)NCc2cccc(-c3ccccn3)c2)CC1.I. The number of piperidine rings is 1. The first-order chi connectivity index (χ1) is 15.2. The number of rotatable bonds is 8. The Morgan fingerprint density at radius 2 is 1.97 bits per heavy atom. The van der Waals surface area contributed by atoms with Crippen molar-refractivity contribution < 1.29 is 4.79 Å². The van der Waals surface area contributed by atoms with Gasteiger partial charge >= 0.3 is 0 Å². The van der Waals surface area contributed by atoms with Crippen LogP contribution >= 0.6 is 24.0 Å². The predicted molar refractivity (Wildman–Crippen MR) is 141 cm³/mol. The number of hydrogen-bond donors (Lipinski definition) is 3. The minimum absolute atomic E-state index is 0. The van der Waals surface area contributed by atoms with Crippen LogP contribution < -0.4 is 16.0 Å². The molecule has 1 amide bonds. The minimum Gasteiger partial charge on any atom is -0.355 e. The maximum atomic E-state index is 11.9. The van der Waals surface area contributed by atoms with E-state index >= 15 is 0 Å². The van der Waals surface area contributed by atoms with Gasteiger partial charge in [0, 0.05) is 51.0 Å². The zero-order valence-electron chi connectivity index (χ0n) is 19.0. The molecule has 0 aliphatic carbocycles. The lowest BCUT2D eigenvalue weighted by Crippen LogP contribution is -2.50. The number of halogens is 1. The van der Waals surface area contributed by atoms with Crippen LogP contribution in [-0.4, -0.2) is 61.0 Å². The van der Waals surface area contributed by atoms with E-state index in [9.17, 15) is 4.79 Å². The van der Waals surface area contributed by atoms with E-state index in [2.05, 4.69) is 62.0 Å². The molecule has 0 bridgehead atoms. The lowest BCUT2D eigenvalue weighted by molar-refractivity contribution is -0.122. The second-order valence-electron chi connectivity index (χ2n) is 7.89. The van der Waals surface area contributed by atoms with Crippen LogP contribution in [0.15, 0.2) is 53.7 Å². The number of guanidine groups is 1. The minimum atomic E-state index is 0. The first-order valence-electron chi connectivity index (χ1n) is 11.1. The van der Waals surface area contributed by atoms with Crippen LogP contribution in [0.1, 0.15) is 31.7 Å². The summed E-state index contributed by atoms with van der Waals surface area (Å²) in [5.41, 5.74) is 3.26. The largest absolute Gasteiger partial charge is 0.355 e. The Bertz CT molecular complexity index is 853. The molecule has 0 saturated carbocycles. The summed E-state index contributed by atoms with van der Waals surface area (Å²) in [6, 6.07) is 14.7. The second-order valence-corrected chi connectivity index (χ2v) is 7.89. The monoisotopic (exact) mass is 550 g/mol. The van der Waals surface area contributed by atoms with Gasteiger partial charge in [-0.05, 0) is 43.0 Å². The van der Waals surface area contributed by atoms with E-state index in [1.54, 1.807) is 7.05 Å². The molecule has 1 saturated heterocycles. The lowest BCUT2D eigenvalue weighted by Gasteiger charge is -2.32. The second kappa shape index (κ2) is 14.1. The summed E-state index contributed by atoms with van der Waals surface area (Å²) in [5, 5.41) is 9.90. The number of carbonyl (C=O) groups excluding carboxylic acids is 1. The Labute approximate surface area is 208 Å². The zero-order chi connectivity index (χ0) is 21.9. The van der Waals surface area contributed by atoms with Gasteiger partial charge in [0.2, 0.25) is 5.91 Å². The lowest BCUT2D eigenvalue weighted by atomic mass is 10.1. The number of aliphatic imine (C=N–C) groups is 1. The van der Waals surface area contributed by atoms with E-state index < -0.39 is 0 Å². The molecule has 1 aliphatic rings. The third-order valence-electron chi connectivity index (χ3n) is 5.44. The fourth-order valence-electron chi connectivity index (χ4n) is 3.71. The Kier molecular flexibility index (Phi) is 11.4. The van der Waals surface area contributed by atoms with Gasteiger partial charge in [0.15, 0.2) is 5.96 Å². The Morgan fingerprint density at radius 3 is 2.66 bits per heavy atom. The average Bonchev–Trinajstić information content (AvgIpc) is 2.82. The van der Waals surface area contributed by atoms with Gasteiger partial charge < -0.3 is 16.0 Å². The van der Waals surface area contributed by atoms with Crippen LogP contribution in [0.3, 0.4) is 0 Å². The van der Waals surface area contributed by atoms with Crippen LogP contribution in [0.2, 0.25) is 0 Å². The summed E-state index contributed by atoms with van der Waals surface area (Å²) in [6.07, 6.45) is 4.78. The molecular formula is C24H35IN6O. The number of amides is 1. The van der Waals surface area contributed by atoms with E-state index in [1.165, 1.54) is 5.56 Å². The number of pyridine rings is 1. The highest BCUT2D eigenvalue weighted by molar-refractivity contribution is 14.0.